The Morgan fingerprint density at radius 3 is 1.90 bits per heavy atom. The zero-order chi connectivity index (χ0) is 20.8. The maximum Gasteiger partial charge on any atom is 0.278 e. The van der Waals surface area contributed by atoms with Gasteiger partial charge in [-0.2, -0.15) is 5.10 Å². The first-order valence-electron chi connectivity index (χ1n) is 9.23. The van der Waals surface area contributed by atoms with Crippen LogP contribution in [-0.2, 0) is 0 Å². The Kier molecular flexibility index (Phi) is 5.52. The monoisotopic (exact) mass is 395 g/mol. The van der Waals surface area contributed by atoms with Crippen LogP contribution < -0.4 is 5.43 Å². The molecule has 30 heavy (non-hydrogen) atoms. The summed E-state index contributed by atoms with van der Waals surface area (Å²) in [7, 11) is 0. The lowest BCUT2D eigenvalue weighted by Crippen LogP contribution is -2.01. The molecule has 146 valence electrons. The molecule has 1 aromatic heterocycles. The van der Waals surface area contributed by atoms with Crippen molar-refractivity contribution in [3.63, 3.8) is 0 Å². The first kappa shape index (κ1) is 18.9. The number of anilines is 1. The van der Waals surface area contributed by atoms with Crippen molar-refractivity contribution in [3.8, 4) is 22.5 Å². The van der Waals surface area contributed by atoms with Crippen molar-refractivity contribution in [1.82, 2.24) is 9.97 Å². The number of nitrogens with zero attached hydrogens (tertiary/aromatic N) is 4. The van der Waals surface area contributed by atoms with Crippen LogP contribution in [0.25, 0.3) is 22.5 Å². The smallest absolute Gasteiger partial charge is 0.258 e. The van der Waals surface area contributed by atoms with Crippen molar-refractivity contribution in [2.75, 3.05) is 5.43 Å². The molecule has 1 heterocycles. The molecule has 0 spiro atoms. The van der Waals surface area contributed by atoms with Crippen LogP contribution in [0.2, 0.25) is 0 Å². The molecule has 0 saturated heterocycles. The summed E-state index contributed by atoms with van der Waals surface area (Å²) in [5.74, 6) is 0.296. The van der Waals surface area contributed by atoms with Crippen molar-refractivity contribution in [1.29, 1.82) is 0 Å². The number of nitrogens with one attached hydrogen (secondary N) is 1. The molecular weight excluding hydrogens is 378 g/mol. The molecule has 0 aliphatic heterocycles. The summed E-state index contributed by atoms with van der Waals surface area (Å²) >= 11 is 0. The summed E-state index contributed by atoms with van der Waals surface area (Å²) in [5.41, 5.74) is 6.55. The highest BCUT2D eigenvalue weighted by molar-refractivity contribution is 5.85. The zero-order valence-electron chi connectivity index (χ0n) is 15.8. The second-order valence-corrected chi connectivity index (χ2v) is 6.38. The second-order valence-electron chi connectivity index (χ2n) is 6.38. The fourth-order valence-corrected chi connectivity index (χ4v) is 2.93. The molecule has 1 N–H and O–H groups in total. The average molecular weight is 395 g/mol. The summed E-state index contributed by atoms with van der Waals surface area (Å²) in [6, 6.07) is 27.8. The molecule has 7 nitrogen and oxygen atoms in total. The van der Waals surface area contributed by atoms with Gasteiger partial charge in [0.2, 0.25) is 5.95 Å². The largest absolute Gasteiger partial charge is 0.278 e. The highest BCUT2D eigenvalue weighted by Gasteiger charge is 2.11. The predicted octanol–water partition coefficient (Wildman–Crippen LogP) is 5.16. The molecule has 0 aliphatic carbocycles. The van der Waals surface area contributed by atoms with Crippen molar-refractivity contribution >= 4 is 17.9 Å². The van der Waals surface area contributed by atoms with Crippen LogP contribution in [0.1, 0.15) is 5.56 Å². The van der Waals surface area contributed by atoms with Gasteiger partial charge in [-0.25, -0.2) is 15.4 Å². The number of benzene rings is 3. The first-order valence-corrected chi connectivity index (χ1v) is 9.23. The van der Waals surface area contributed by atoms with Gasteiger partial charge >= 0.3 is 0 Å². The minimum absolute atomic E-state index is 0.0213. The molecule has 4 rings (SSSR count). The van der Waals surface area contributed by atoms with Gasteiger partial charge in [0.1, 0.15) is 0 Å². The summed E-state index contributed by atoms with van der Waals surface area (Å²) in [4.78, 5) is 19.8. The van der Waals surface area contributed by atoms with Crippen LogP contribution >= 0.6 is 0 Å². The lowest BCUT2D eigenvalue weighted by atomic mass is 10.1. The number of aromatic nitrogens is 2. The van der Waals surface area contributed by atoms with Gasteiger partial charge in [-0.1, -0.05) is 72.8 Å². The van der Waals surface area contributed by atoms with Crippen molar-refractivity contribution in [2.45, 2.75) is 0 Å². The molecule has 0 saturated carbocycles. The Hall–Kier alpha value is -4.39. The van der Waals surface area contributed by atoms with Gasteiger partial charge in [-0.05, 0) is 12.1 Å². The van der Waals surface area contributed by atoms with Gasteiger partial charge < -0.3 is 0 Å². The van der Waals surface area contributed by atoms with Gasteiger partial charge in [0.15, 0.2) is 0 Å². The van der Waals surface area contributed by atoms with Gasteiger partial charge in [-0.3, -0.25) is 10.1 Å². The molecule has 0 amide bonds. The Bertz CT molecular complexity index is 1140. The Balaban J connectivity index is 1.68. The number of nitro benzene ring substituents is 1. The standard InChI is InChI=1S/C23H17N5O2/c29-28(30)22-14-8-7-13-19(22)16-24-27-23-25-20(17-9-3-1-4-10-17)15-21(26-23)18-11-5-2-6-12-18/h1-16H,(H,25,26,27)/b24-16+. The van der Waals surface area contributed by atoms with Gasteiger partial charge in [-0.15, -0.1) is 0 Å². The van der Waals surface area contributed by atoms with Gasteiger partial charge in [0, 0.05) is 17.2 Å². The highest BCUT2D eigenvalue weighted by Crippen LogP contribution is 2.25. The van der Waals surface area contributed by atoms with E-state index in [0.717, 1.165) is 22.5 Å². The topological polar surface area (TPSA) is 93.3 Å². The predicted molar refractivity (Wildman–Crippen MR) is 117 cm³/mol. The second kappa shape index (κ2) is 8.74. The van der Waals surface area contributed by atoms with Crippen molar-refractivity contribution < 1.29 is 4.92 Å². The molecule has 4 aromatic rings. The van der Waals surface area contributed by atoms with E-state index in [1.807, 2.05) is 66.7 Å². The van der Waals surface area contributed by atoms with E-state index in [9.17, 15) is 10.1 Å². The van der Waals surface area contributed by atoms with Crippen LogP contribution in [0, 0.1) is 10.1 Å². The zero-order valence-corrected chi connectivity index (χ0v) is 15.8. The minimum atomic E-state index is -0.443. The summed E-state index contributed by atoms with van der Waals surface area (Å²) in [6.45, 7) is 0. The van der Waals surface area contributed by atoms with Gasteiger partial charge in [0.05, 0.1) is 28.1 Å². The van der Waals surface area contributed by atoms with E-state index in [2.05, 4.69) is 20.5 Å². The summed E-state index contributed by atoms with van der Waals surface area (Å²) in [5, 5.41) is 15.3. The van der Waals surface area contributed by atoms with E-state index < -0.39 is 4.92 Å². The quantitative estimate of drug-likeness (QED) is 0.276. The van der Waals surface area contributed by atoms with E-state index in [4.69, 9.17) is 0 Å². The van der Waals surface area contributed by atoms with Crippen LogP contribution in [0.4, 0.5) is 11.6 Å². The Morgan fingerprint density at radius 1 is 0.800 bits per heavy atom. The number of rotatable bonds is 6. The molecule has 0 aliphatic rings. The summed E-state index contributed by atoms with van der Waals surface area (Å²) < 4.78 is 0. The third kappa shape index (κ3) is 4.36. The van der Waals surface area contributed by atoms with Crippen molar-refractivity contribution in [2.24, 2.45) is 5.10 Å². The van der Waals surface area contributed by atoms with E-state index >= 15 is 0 Å². The van der Waals surface area contributed by atoms with Crippen LogP contribution in [-0.4, -0.2) is 21.1 Å². The first-order chi connectivity index (χ1) is 14.7. The van der Waals surface area contributed by atoms with Crippen LogP contribution in [0.5, 0.6) is 0 Å². The number of hydrogen-bond acceptors (Lipinski definition) is 6. The third-order valence-corrected chi connectivity index (χ3v) is 4.37. The van der Waals surface area contributed by atoms with Gasteiger partial charge in [0.25, 0.3) is 5.69 Å². The highest BCUT2D eigenvalue weighted by atomic mass is 16.6. The number of nitro groups is 1. The molecule has 3 aromatic carbocycles. The number of hydrazone groups is 1. The molecule has 7 heteroatoms. The fourth-order valence-electron chi connectivity index (χ4n) is 2.93. The van der Waals surface area contributed by atoms with E-state index in [1.54, 1.807) is 18.2 Å². The number of hydrogen-bond donors (Lipinski definition) is 1. The molecule has 0 atom stereocenters. The van der Waals surface area contributed by atoms with E-state index in [0.29, 0.717) is 11.5 Å². The maximum absolute atomic E-state index is 11.2. The van der Waals surface area contributed by atoms with E-state index in [-0.39, 0.29) is 5.69 Å². The molecule has 0 bridgehead atoms. The van der Waals surface area contributed by atoms with E-state index in [1.165, 1.54) is 12.3 Å². The minimum Gasteiger partial charge on any atom is -0.258 e. The molecular formula is C23H17N5O2. The normalized spacial score (nSPS) is 10.8. The molecule has 0 unspecified atom stereocenters. The SMILES string of the molecule is O=[N+]([O-])c1ccccc1/C=N/Nc1nc(-c2ccccc2)cc(-c2ccccc2)n1. The molecule has 0 fully saturated rings. The molecule has 0 radical (unpaired) electrons. The lowest BCUT2D eigenvalue weighted by molar-refractivity contribution is -0.385. The maximum atomic E-state index is 11.2. The third-order valence-electron chi connectivity index (χ3n) is 4.37. The summed E-state index contributed by atoms with van der Waals surface area (Å²) in [6.07, 6.45) is 1.39. The van der Waals surface area contributed by atoms with Crippen LogP contribution in [0.15, 0.2) is 96.1 Å². The number of para-hydroxylation sites is 1. The fraction of sp³-hybridized carbons (Fsp3) is 0. The van der Waals surface area contributed by atoms with Crippen molar-refractivity contribution in [3.05, 3.63) is 107 Å². The Labute approximate surface area is 172 Å². The van der Waals surface area contributed by atoms with Crippen LogP contribution in [0.3, 0.4) is 0 Å². The lowest BCUT2D eigenvalue weighted by Gasteiger charge is -2.08. The Morgan fingerprint density at radius 2 is 1.33 bits per heavy atom. The average Bonchev–Trinajstić information content (AvgIpc) is 2.80.